The van der Waals surface area contributed by atoms with E-state index in [9.17, 15) is 0 Å². The molecule has 0 amide bonds. The topological polar surface area (TPSA) is 42.2 Å². The highest BCUT2D eigenvalue weighted by Crippen LogP contribution is 2.24. The van der Waals surface area contributed by atoms with E-state index in [4.69, 9.17) is 5.73 Å². The van der Waals surface area contributed by atoms with Crippen molar-refractivity contribution in [1.82, 2.24) is 9.88 Å². The molecule has 1 aromatic heterocycles. The zero-order valence-electron chi connectivity index (χ0n) is 10.9. The standard InChI is InChI=1S/C14H23N3/c1-11-5-4-8-17(12(11)2)10-13-6-3-7-16-14(13)9-15/h3,6-7,11-12H,4-5,8-10,15H2,1-2H3. The SMILES string of the molecule is CC1CCCN(Cc2cccnc2CN)C1C. The second-order valence-electron chi connectivity index (χ2n) is 5.14. The van der Waals surface area contributed by atoms with Crippen LogP contribution in [0.3, 0.4) is 0 Å². The van der Waals surface area contributed by atoms with E-state index in [0.717, 1.165) is 18.2 Å². The molecule has 17 heavy (non-hydrogen) atoms. The monoisotopic (exact) mass is 233 g/mol. The van der Waals surface area contributed by atoms with E-state index < -0.39 is 0 Å². The normalized spacial score (nSPS) is 26.1. The van der Waals surface area contributed by atoms with Crippen molar-refractivity contribution in [3.05, 3.63) is 29.6 Å². The minimum atomic E-state index is 0.536. The van der Waals surface area contributed by atoms with Gasteiger partial charge in [-0.25, -0.2) is 0 Å². The Bertz CT molecular complexity index is 364. The van der Waals surface area contributed by atoms with Crippen molar-refractivity contribution in [3.63, 3.8) is 0 Å². The van der Waals surface area contributed by atoms with Crippen LogP contribution in [0.1, 0.15) is 37.9 Å². The summed E-state index contributed by atoms with van der Waals surface area (Å²) in [7, 11) is 0. The van der Waals surface area contributed by atoms with Crippen molar-refractivity contribution in [1.29, 1.82) is 0 Å². The molecule has 2 heterocycles. The average molecular weight is 233 g/mol. The van der Waals surface area contributed by atoms with Gasteiger partial charge in [-0.1, -0.05) is 13.0 Å². The fourth-order valence-corrected chi connectivity index (χ4v) is 2.66. The Labute approximate surface area is 104 Å². The summed E-state index contributed by atoms with van der Waals surface area (Å²) in [6, 6.07) is 4.82. The Hall–Kier alpha value is -0.930. The summed E-state index contributed by atoms with van der Waals surface area (Å²) in [6.07, 6.45) is 4.49. The first-order valence-corrected chi connectivity index (χ1v) is 6.59. The van der Waals surface area contributed by atoms with Gasteiger partial charge in [-0.05, 0) is 43.9 Å². The van der Waals surface area contributed by atoms with Crippen molar-refractivity contribution >= 4 is 0 Å². The molecule has 0 saturated carbocycles. The third-order valence-corrected chi connectivity index (χ3v) is 4.06. The first-order chi connectivity index (χ1) is 8.22. The van der Waals surface area contributed by atoms with Crippen LogP contribution in [0.5, 0.6) is 0 Å². The van der Waals surface area contributed by atoms with Crippen LogP contribution >= 0.6 is 0 Å². The molecule has 2 unspecified atom stereocenters. The van der Waals surface area contributed by atoms with E-state index in [1.807, 2.05) is 12.3 Å². The van der Waals surface area contributed by atoms with Gasteiger partial charge in [0.2, 0.25) is 0 Å². The third-order valence-electron chi connectivity index (χ3n) is 4.06. The minimum absolute atomic E-state index is 0.536. The predicted molar refractivity (Wildman–Crippen MR) is 70.4 cm³/mol. The van der Waals surface area contributed by atoms with Crippen LogP contribution < -0.4 is 5.73 Å². The van der Waals surface area contributed by atoms with Crippen molar-refractivity contribution in [2.75, 3.05) is 6.54 Å². The number of pyridine rings is 1. The number of hydrogen-bond acceptors (Lipinski definition) is 3. The zero-order valence-corrected chi connectivity index (χ0v) is 10.9. The summed E-state index contributed by atoms with van der Waals surface area (Å²) >= 11 is 0. The van der Waals surface area contributed by atoms with Crippen LogP contribution in [0.15, 0.2) is 18.3 Å². The minimum Gasteiger partial charge on any atom is -0.325 e. The molecule has 1 saturated heterocycles. The molecule has 0 aliphatic carbocycles. The van der Waals surface area contributed by atoms with Gasteiger partial charge < -0.3 is 5.73 Å². The summed E-state index contributed by atoms with van der Waals surface area (Å²) < 4.78 is 0. The van der Waals surface area contributed by atoms with Crippen LogP contribution in [-0.4, -0.2) is 22.5 Å². The molecule has 2 atom stereocenters. The highest BCUT2D eigenvalue weighted by molar-refractivity contribution is 5.19. The Kier molecular flexibility index (Phi) is 4.13. The molecule has 1 aliphatic heterocycles. The molecule has 0 spiro atoms. The maximum Gasteiger partial charge on any atom is 0.0584 e. The summed E-state index contributed by atoms with van der Waals surface area (Å²) in [5, 5.41) is 0. The molecule has 3 nitrogen and oxygen atoms in total. The van der Waals surface area contributed by atoms with Gasteiger partial charge >= 0.3 is 0 Å². The smallest absolute Gasteiger partial charge is 0.0584 e. The molecule has 0 radical (unpaired) electrons. The summed E-state index contributed by atoms with van der Waals surface area (Å²) in [6.45, 7) is 7.41. The van der Waals surface area contributed by atoms with Gasteiger partial charge in [0.25, 0.3) is 0 Å². The second-order valence-corrected chi connectivity index (χ2v) is 5.14. The number of nitrogens with zero attached hydrogens (tertiary/aromatic N) is 2. The molecular formula is C14H23N3. The van der Waals surface area contributed by atoms with Gasteiger partial charge in [0.05, 0.1) is 5.69 Å². The highest BCUT2D eigenvalue weighted by atomic mass is 15.2. The first kappa shape index (κ1) is 12.5. The lowest BCUT2D eigenvalue weighted by Gasteiger charge is -2.38. The third kappa shape index (κ3) is 2.85. The largest absolute Gasteiger partial charge is 0.325 e. The van der Waals surface area contributed by atoms with Gasteiger partial charge in [-0.2, -0.15) is 0 Å². The fraction of sp³-hybridized carbons (Fsp3) is 0.643. The Morgan fingerprint density at radius 1 is 1.47 bits per heavy atom. The lowest BCUT2D eigenvalue weighted by molar-refractivity contribution is 0.106. The van der Waals surface area contributed by atoms with Crippen LogP contribution in [0.25, 0.3) is 0 Å². The summed E-state index contributed by atoms with van der Waals surface area (Å²) in [5.74, 6) is 0.793. The van der Waals surface area contributed by atoms with Crippen LogP contribution in [0, 0.1) is 5.92 Å². The number of aromatic nitrogens is 1. The number of piperidine rings is 1. The van der Waals surface area contributed by atoms with Gasteiger partial charge in [-0.3, -0.25) is 9.88 Å². The molecule has 3 heteroatoms. The molecule has 1 aromatic rings. The van der Waals surface area contributed by atoms with E-state index in [2.05, 4.69) is 29.8 Å². The maximum absolute atomic E-state index is 5.74. The number of nitrogens with two attached hydrogens (primary N) is 1. The van der Waals surface area contributed by atoms with Gasteiger partial charge in [-0.15, -0.1) is 0 Å². The van der Waals surface area contributed by atoms with E-state index in [0.29, 0.717) is 12.6 Å². The maximum atomic E-state index is 5.74. The Morgan fingerprint density at radius 3 is 3.06 bits per heavy atom. The van der Waals surface area contributed by atoms with Crippen LogP contribution in [-0.2, 0) is 13.1 Å². The summed E-state index contributed by atoms with van der Waals surface area (Å²) in [5.41, 5.74) is 8.06. The van der Waals surface area contributed by atoms with Crippen molar-refractivity contribution in [3.8, 4) is 0 Å². The Balaban J connectivity index is 2.09. The van der Waals surface area contributed by atoms with E-state index in [1.54, 1.807) is 0 Å². The highest BCUT2D eigenvalue weighted by Gasteiger charge is 2.24. The van der Waals surface area contributed by atoms with E-state index >= 15 is 0 Å². The van der Waals surface area contributed by atoms with Crippen molar-refractivity contribution in [2.45, 2.75) is 45.8 Å². The fourth-order valence-electron chi connectivity index (χ4n) is 2.66. The number of hydrogen-bond donors (Lipinski definition) is 1. The molecule has 94 valence electrons. The Morgan fingerprint density at radius 2 is 2.29 bits per heavy atom. The van der Waals surface area contributed by atoms with Crippen LogP contribution in [0.4, 0.5) is 0 Å². The molecule has 1 aliphatic rings. The molecule has 0 aromatic carbocycles. The molecule has 1 fully saturated rings. The van der Waals surface area contributed by atoms with E-state index in [1.165, 1.54) is 24.9 Å². The quantitative estimate of drug-likeness (QED) is 0.870. The van der Waals surface area contributed by atoms with Gasteiger partial charge in [0.15, 0.2) is 0 Å². The van der Waals surface area contributed by atoms with Crippen molar-refractivity contribution in [2.24, 2.45) is 11.7 Å². The first-order valence-electron chi connectivity index (χ1n) is 6.59. The second kappa shape index (κ2) is 5.61. The zero-order chi connectivity index (χ0) is 12.3. The molecule has 2 rings (SSSR count). The number of rotatable bonds is 3. The van der Waals surface area contributed by atoms with E-state index in [-0.39, 0.29) is 0 Å². The average Bonchev–Trinajstić information content (AvgIpc) is 2.35. The lowest BCUT2D eigenvalue weighted by atomic mass is 9.91. The summed E-state index contributed by atoms with van der Waals surface area (Å²) in [4.78, 5) is 6.91. The van der Waals surface area contributed by atoms with Crippen LogP contribution in [0.2, 0.25) is 0 Å². The molecule has 0 bridgehead atoms. The molecular weight excluding hydrogens is 210 g/mol. The predicted octanol–water partition coefficient (Wildman–Crippen LogP) is 2.16. The van der Waals surface area contributed by atoms with Crippen molar-refractivity contribution < 1.29 is 0 Å². The number of likely N-dealkylation sites (tertiary alicyclic amines) is 1. The van der Waals surface area contributed by atoms with Gasteiger partial charge in [0.1, 0.15) is 0 Å². The lowest BCUT2D eigenvalue weighted by Crippen LogP contribution is -2.41. The molecule has 2 N–H and O–H groups in total. The van der Waals surface area contributed by atoms with Gasteiger partial charge in [0, 0.05) is 25.3 Å².